The molecule has 0 bridgehead atoms. The summed E-state index contributed by atoms with van der Waals surface area (Å²) in [5.41, 5.74) is 2.20. The number of fused-ring (bicyclic) bond motifs is 1. The molecule has 0 aliphatic carbocycles. The van der Waals surface area contributed by atoms with Gasteiger partial charge in [0, 0.05) is 63.0 Å². The molecule has 0 unspecified atom stereocenters. The molecule has 3 heterocycles. The van der Waals surface area contributed by atoms with Crippen LogP contribution in [0.1, 0.15) is 34.5 Å². The van der Waals surface area contributed by atoms with E-state index in [1.807, 2.05) is 23.1 Å². The number of ether oxygens (including phenoxy) is 3. The molecule has 2 aliphatic heterocycles. The van der Waals surface area contributed by atoms with Gasteiger partial charge in [0.2, 0.25) is 0 Å². The van der Waals surface area contributed by atoms with E-state index >= 15 is 0 Å². The number of nitrogens with zero attached hydrogens (tertiary/aromatic N) is 3. The number of hydrogen-bond acceptors (Lipinski definition) is 6. The van der Waals surface area contributed by atoms with E-state index in [9.17, 15) is 9.59 Å². The van der Waals surface area contributed by atoms with Crippen molar-refractivity contribution in [3.8, 4) is 17.2 Å². The molecule has 0 atom stereocenters. The number of rotatable bonds is 6. The van der Waals surface area contributed by atoms with E-state index in [1.54, 1.807) is 18.8 Å². The number of methoxy groups -OCH3 is 3. The highest BCUT2D eigenvalue weighted by molar-refractivity contribution is 5.98. The van der Waals surface area contributed by atoms with E-state index in [0.717, 1.165) is 48.7 Å². The molecule has 8 nitrogen and oxygen atoms in total. The van der Waals surface area contributed by atoms with Gasteiger partial charge in [0.25, 0.3) is 11.5 Å². The highest BCUT2D eigenvalue weighted by Crippen LogP contribution is 2.28. The zero-order valence-corrected chi connectivity index (χ0v) is 19.1. The van der Waals surface area contributed by atoms with Crippen molar-refractivity contribution >= 4 is 5.91 Å². The zero-order chi connectivity index (χ0) is 22.7. The Morgan fingerprint density at radius 2 is 1.66 bits per heavy atom. The molecule has 1 fully saturated rings. The fourth-order valence-electron chi connectivity index (χ4n) is 4.67. The Morgan fingerprint density at radius 1 is 0.906 bits per heavy atom. The Morgan fingerprint density at radius 3 is 2.34 bits per heavy atom. The number of likely N-dealkylation sites (tertiary alicyclic amines) is 1. The van der Waals surface area contributed by atoms with Crippen molar-refractivity contribution in [2.45, 2.75) is 32.4 Å². The molecular weight excluding hydrogens is 410 g/mol. The fraction of sp³-hybridized carbons (Fsp3) is 0.500. The lowest BCUT2D eigenvalue weighted by atomic mass is 10.1. The quantitative estimate of drug-likeness (QED) is 0.684. The monoisotopic (exact) mass is 441 g/mol. The Kier molecular flexibility index (Phi) is 6.69. The molecule has 1 aromatic heterocycles. The molecule has 2 aliphatic rings. The first-order chi connectivity index (χ1) is 15.5. The Balaban J connectivity index is 1.63. The van der Waals surface area contributed by atoms with Gasteiger partial charge in [0.15, 0.2) is 0 Å². The maximum atomic E-state index is 13.3. The van der Waals surface area contributed by atoms with Crippen LogP contribution in [0.4, 0.5) is 0 Å². The molecule has 0 radical (unpaired) electrons. The van der Waals surface area contributed by atoms with Gasteiger partial charge in [-0.15, -0.1) is 0 Å². The van der Waals surface area contributed by atoms with Crippen molar-refractivity contribution in [1.29, 1.82) is 0 Å². The van der Waals surface area contributed by atoms with Crippen LogP contribution in [0.2, 0.25) is 0 Å². The SMILES string of the molecule is COc1ccc(OC)c(CN2CCc3c(C(=O)N4CCCC4)c(OC)cc(=O)n3CC2)c1. The predicted molar refractivity (Wildman–Crippen MR) is 121 cm³/mol. The van der Waals surface area contributed by atoms with Crippen LogP contribution in [-0.2, 0) is 19.5 Å². The van der Waals surface area contributed by atoms with E-state index in [-0.39, 0.29) is 11.5 Å². The minimum atomic E-state index is -0.129. The number of carbonyl (C=O) groups is 1. The predicted octanol–water partition coefficient (Wildman–Crippen LogP) is 2.17. The number of benzene rings is 1. The molecule has 0 saturated carbocycles. The summed E-state index contributed by atoms with van der Waals surface area (Å²) in [6.45, 7) is 4.09. The van der Waals surface area contributed by atoms with Gasteiger partial charge in [-0.05, 0) is 31.0 Å². The molecule has 2 aromatic rings. The van der Waals surface area contributed by atoms with Gasteiger partial charge in [0.05, 0.1) is 21.3 Å². The second kappa shape index (κ2) is 9.65. The van der Waals surface area contributed by atoms with Crippen molar-refractivity contribution in [2.24, 2.45) is 0 Å². The average Bonchev–Trinajstić information content (AvgIpc) is 3.27. The van der Waals surface area contributed by atoms with Gasteiger partial charge in [-0.3, -0.25) is 14.5 Å². The van der Waals surface area contributed by atoms with Gasteiger partial charge in [0.1, 0.15) is 22.8 Å². The summed E-state index contributed by atoms with van der Waals surface area (Å²) in [5.74, 6) is 1.92. The smallest absolute Gasteiger partial charge is 0.259 e. The normalized spacial score (nSPS) is 16.4. The number of carbonyl (C=O) groups excluding carboxylic acids is 1. The first-order valence-electron chi connectivity index (χ1n) is 11.1. The van der Waals surface area contributed by atoms with Crippen LogP contribution in [0, 0.1) is 0 Å². The summed E-state index contributed by atoms with van der Waals surface area (Å²) in [6, 6.07) is 7.22. The third-order valence-corrected chi connectivity index (χ3v) is 6.39. The van der Waals surface area contributed by atoms with Crippen molar-refractivity contribution < 1.29 is 19.0 Å². The number of amides is 1. The van der Waals surface area contributed by atoms with Crippen LogP contribution in [0.3, 0.4) is 0 Å². The maximum Gasteiger partial charge on any atom is 0.259 e. The Bertz CT molecular complexity index is 1040. The summed E-state index contributed by atoms with van der Waals surface area (Å²) in [7, 11) is 4.82. The zero-order valence-electron chi connectivity index (χ0n) is 19.1. The van der Waals surface area contributed by atoms with Gasteiger partial charge >= 0.3 is 0 Å². The maximum absolute atomic E-state index is 13.3. The highest BCUT2D eigenvalue weighted by Gasteiger charge is 2.29. The minimum Gasteiger partial charge on any atom is -0.497 e. The molecule has 8 heteroatoms. The average molecular weight is 442 g/mol. The van der Waals surface area contributed by atoms with Gasteiger partial charge in [-0.2, -0.15) is 0 Å². The molecule has 172 valence electrons. The van der Waals surface area contributed by atoms with Crippen LogP contribution in [0.15, 0.2) is 29.1 Å². The first kappa shape index (κ1) is 22.2. The lowest BCUT2D eigenvalue weighted by Crippen LogP contribution is -2.33. The van der Waals surface area contributed by atoms with Gasteiger partial charge in [-0.25, -0.2) is 0 Å². The molecule has 1 aromatic carbocycles. The van der Waals surface area contributed by atoms with E-state index in [0.29, 0.717) is 43.9 Å². The van der Waals surface area contributed by atoms with Gasteiger partial charge in [-0.1, -0.05) is 0 Å². The summed E-state index contributed by atoms with van der Waals surface area (Å²) < 4.78 is 18.1. The molecule has 0 spiro atoms. The van der Waals surface area contributed by atoms with Crippen LogP contribution in [0.25, 0.3) is 0 Å². The van der Waals surface area contributed by atoms with Crippen LogP contribution < -0.4 is 19.8 Å². The third-order valence-electron chi connectivity index (χ3n) is 6.39. The minimum absolute atomic E-state index is 0.0361. The third kappa shape index (κ3) is 4.32. The number of hydrogen-bond donors (Lipinski definition) is 0. The summed E-state index contributed by atoms with van der Waals surface area (Å²) in [6.07, 6.45) is 2.62. The molecule has 4 rings (SSSR count). The van der Waals surface area contributed by atoms with Crippen molar-refractivity contribution in [3.05, 3.63) is 51.4 Å². The van der Waals surface area contributed by atoms with Crippen LogP contribution in [-0.4, -0.2) is 67.8 Å². The van der Waals surface area contributed by atoms with Crippen LogP contribution in [0.5, 0.6) is 17.2 Å². The lowest BCUT2D eigenvalue weighted by molar-refractivity contribution is 0.0787. The van der Waals surface area contributed by atoms with E-state index in [2.05, 4.69) is 4.90 Å². The van der Waals surface area contributed by atoms with Crippen molar-refractivity contribution in [1.82, 2.24) is 14.4 Å². The Hall–Kier alpha value is -3.00. The standard InChI is InChI=1S/C24H31N3O5/c1-30-18-6-7-20(31-2)17(14-18)16-25-11-8-19-23(24(29)26-9-4-5-10-26)21(32-3)15-22(28)27(19)13-12-25/h6-7,14-15H,4-5,8-13,16H2,1-3H3. The summed E-state index contributed by atoms with van der Waals surface area (Å²) in [4.78, 5) is 30.3. The molecule has 32 heavy (non-hydrogen) atoms. The van der Waals surface area contributed by atoms with E-state index in [4.69, 9.17) is 14.2 Å². The summed E-state index contributed by atoms with van der Waals surface area (Å²) in [5, 5.41) is 0. The van der Waals surface area contributed by atoms with E-state index < -0.39 is 0 Å². The highest BCUT2D eigenvalue weighted by atomic mass is 16.5. The Labute approximate surface area is 188 Å². The molecule has 1 saturated heterocycles. The fourth-order valence-corrected chi connectivity index (χ4v) is 4.67. The summed E-state index contributed by atoms with van der Waals surface area (Å²) >= 11 is 0. The molecule has 0 N–H and O–H groups in total. The molecular formula is C24H31N3O5. The van der Waals surface area contributed by atoms with Crippen molar-refractivity contribution in [3.63, 3.8) is 0 Å². The molecule has 1 amide bonds. The first-order valence-corrected chi connectivity index (χ1v) is 11.1. The van der Waals surface area contributed by atoms with Gasteiger partial charge < -0.3 is 23.7 Å². The largest absolute Gasteiger partial charge is 0.497 e. The topological polar surface area (TPSA) is 73.2 Å². The number of pyridine rings is 1. The number of aromatic nitrogens is 1. The van der Waals surface area contributed by atoms with E-state index in [1.165, 1.54) is 13.2 Å². The van der Waals surface area contributed by atoms with Crippen molar-refractivity contribution in [2.75, 3.05) is 47.5 Å². The lowest BCUT2D eigenvalue weighted by Gasteiger charge is -2.21. The second-order valence-corrected chi connectivity index (χ2v) is 8.23. The van der Waals surface area contributed by atoms with Crippen LogP contribution >= 0.6 is 0 Å². The second-order valence-electron chi connectivity index (χ2n) is 8.23.